The maximum absolute atomic E-state index is 12.9. The van der Waals surface area contributed by atoms with Crippen molar-refractivity contribution in [2.75, 3.05) is 18.6 Å². The molecule has 1 aliphatic heterocycles. The van der Waals surface area contributed by atoms with Crippen LogP contribution in [0.5, 0.6) is 0 Å². The van der Waals surface area contributed by atoms with Gasteiger partial charge in [-0.2, -0.15) is 0 Å². The molecule has 27 heavy (non-hydrogen) atoms. The van der Waals surface area contributed by atoms with Gasteiger partial charge in [-0.15, -0.1) is 0 Å². The molecule has 0 saturated heterocycles. The first-order valence-electron chi connectivity index (χ1n) is 8.97. The second kappa shape index (κ2) is 6.58. The number of nitrogens with zero attached hydrogens (tertiary/aromatic N) is 1. The van der Waals surface area contributed by atoms with Crippen molar-refractivity contribution in [3.05, 3.63) is 64.4 Å². The molecule has 0 radical (unpaired) electrons. The fraction of sp³-hybridized carbons (Fsp3) is 0.273. The first kappa shape index (κ1) is 17.3. The normalized spacial score (nSPS) is 13.1. The van der Waals surface area contributed by atoms with E-state index >= 15 is 0 Å². The fourth-order valence-electron chi connectivity index (χ4n) is 3.64. The van der Waals surface area contributed by atoms with E-state index in [1.807, 2.05) is 25.1 Å². The Morgan fingerprint density at radius 1 is 1.15 bits per heavy atom. The monoisotopic (exact) mass is 363 g/mol. The molecule has 0 bridgehead atoms. The number of ether oxygens (including phenoxy) is 1. The Balaban J connectivity index is 1.59. The van der Waals surface area contributed by atoms with E-state index in [9.17, 15) is 9.59 Å². The summed E-state index contributed by atoms with van der Waals surface area (Å²) in [6.07, 6.45) is 2.70. The summed E-state index contributed by atoms with van der Waals surface area (Å²) in [6, 6.07) is 9.44. The van der Waals surface area contributed by atoms with Gasteiger partial charge in [0, 0.05) is 23.2 Å². The van der Waals surface area contributed by atoms with Gasteiger partial charge in [0.2, 0.25) is 5.91 Å². The van der Waals surface area contributed by atoms with Crippen LogP contribution in [-0.2, 0) is 22.4 Å². The SMILES string of the molecule is COC(=O)c1ccc2c(c1)CCN2C(=O)Cc1coc2cc(C)c(C)cc12. The summed E-state index contributed by atoms with van der Waals surface area (Å²) < 4.78 is 10.4. The van der Waals surface area contributed by atoms with E-state index in [0.717, 1.165) is 34.2 Å². The van der Waals surface area contributed by atoms with E-state index in [-0.39, 0.29) is 18.3 Å². The van der Waals surface area contributed by atoms with Gasteiger partial charge < -0.3 is 14.1 Å². The Morgan fingerprint density at radius 2 is 1.93 bits per heavy atom. The molecule has 0 fully saturated rings. The van der Waals surface area contributed by atoms with Crippen molar-refractivity contribution in [3.63, 3.8) is 0 Å². The predicted molar refractivity (Wildman–Crippen MR) is 103 cm³/mol. The summed E-state index contributed by atoms with van der Waals surface area (Å²) in [5.74, 6) is -0.335. The average molecular weight is 363 g/mol. The van der Waals surface area contributed by atoms with E-state index < -0.39 is 0 Å². The molecule has 0 saturated carbocycles. The largest absolute Gasteiger partial charge is 0.465 e. The number of carbonyl (C=O) groups is 2. The Labute approximate surface area is 157 Å². The zero-order valence-corrected chi connectivity index (χ0v) is 15.7. The van der Waals surface area contributed by atoms with Crippen molar-refractivity contribution in [2.45, 2.75) is 26.7 Å². The molecule has 1 amide bonds. The summed E-state index contributed by atoms with van der Waals surface area (Å²) >= 11 is 0. The molecule has 4 rings (SSSR count). The fourth-order valence-corrected chi connectivity index (χ4v) is 3.64. The molecule has 2 heterocycles. The molecule has 1 aromatic heterocycles. The Hall–Kier alpha value is -3.08. The first-order valence-corrected chi connectivity index (χ1v) is 8.97. The number of furan rings is 1. The van der Waals surface area contributed by atoms with Gasteiger partial charge in [-0.3, -0.25) is 4.79 Å². The van der Waals surface area contributed by atoms with Gasteiger partial charge in [0.05, 0.1) is 25.4 Å². The number of carbonyl (C=O) groups excluding carboxylic acids is 2. The number of anilines is 1. The molecule has 5 heteroatoms. The van der Waals surface area contributed by atoms with Gasteiger partial charge >= 0.3 is 5.97 Å². The summed E-state index contributed by atoms with van der Waals surface area (Å²) in [7, 11) is 1.36. The Bertz CT molecular complexity index is 1060. The third-order valence-corrected chi connectivity index (χ3v) is 5.31. The highest BCUT2D eigenvalue weighted by Gasteiger charge is 2.26. The molecular formula is C22H21NO4. The van der Waals surface area contributed by atoms with Crippen molar-refractivity contribution in [2.24, 2.45) is 0 Å². The van der Waals surface area contributed by atoms with Crippen molar-refractivity contribution < 1.29 is 18.7 Å². The molecule has 1 aliphatic rings. The number of esters is 1. The van der Waals surface area contributed by atoms with Crippen LogP contribution in [0.2, 0.25) is 0 Å². The zero-order chi connectivity index (χ0) is 19.1. The maximum Gasteiger partial charge on any atom is 0.337 e. The summed E-state index contributed by atoms with van der Waals surface area (Å²) in [5.41, 5.74) is 6.44. The lowest BCUT2D eigenvalue weighted by Gasteiger charge is -2.17. The maximum atomic E-state index is 12.9. The van der Waals surface area contributed by atoms with Crippen LogP contribution < -0.4 is 4.90 Å². The minimum Gasteiger partial charge on any atom is -0.465 e. The Morgan fingerprint density at radius 3 is 2.70 bits per heavy atom. The smallest absolute Gasteiger partial charge is 0.337 e. The second-order valence-corrected chi connectivity index (χ2v) is 7.00. The standard InChI is InChI=1S/C22H21NO4/c1-13-8-18-17(12-27-20(18)9-14(13)2)11-21(24)23-7-6-15-10-16(22(25)26-3)4-5-19(15)23/h4-5,8-10,12H,6-7,11H2,1-3H3. The van der Waals surface area contributed by atoms with Crippen LogP contribution in [0, 0.1) is 13.8 Å². The van der Waals surface area contributed by atoms with E-state index in [1.54, 1.807) is 17.2 Å². The number of fused-ring (bicyclic) bond motifs is 2. The van der Waals surface area contributed by atoms with Gasteiger partial charge in [-0.25, -0.2) is 4.79 Å². The summed E-state index contributed by atoms with van der Waals surface area (Å²) in [4.78, 5) is 26.4. The quantitative estimate of drug-likeness (QED) is 0.661. The summed E-state index contributed by atoms with van der Waals surface area (Å²) in [5, 5.41) is 0.993. The molecule has 0 N–H and O–H groups in total. The van der Waals surface area contributed by atoms with Crippen LogP contribution in [0.25, 0.3) is 11.0 Å². The van der Waals surface area contributed by atoms with Crippen molar-refractivity contribution in [3.8, 4) is 0 Å². The number of methoxy groups -OCH3 is 1. The lowest BCUT2D eigenvalue weighted by Crippen LogP contribution is -2.30. The number of aryl methyl sites for hydroxylation is 2. The topological polar surface area (TPSA) is 59.8 Å². The molecule has 0 spiro atoms. The van der Waals surface area contributed by atoms with Gasteiger partial charge in [0.1, 0.15) is 5.58 Å². The minimum atomic E-state index is -0.363. The van der Waals surface area contributed by atoms with Gasteiger partial charge in [-0.1, -0.05) is 0 Å². The molecule has 0 unspecified atom stereocenters. The number of amides is 1. The molecular weight excluding hydrogens is 342 g/mol. The van der Waals surface area contributed by atoms with E-state index in [1.165, 1.54) is 18.2 Å². The highest BCUT2D eigenvalue weighted by molar-refractivity contribution is 6.00. The van der Waals surface area contributed by atoms with E-state index in [0.29, 0.717) is 12.1 Å². The number of hydrogen-bond donors (Lipinski definition) is 0. The molecule has 2 aromatic carbocycles. The molecule has 5 nitrogen and oxygen atoms in total. The van der Waals surface area contributed by atoms with Crippen LogP contribution in [0.15, 0.2) is 41.0 Å². The van der Waals surface area contributed by atoms with Crippen LogP contribution in [-0.4, -0.2) is 25.5 Å². The average Bonchev–Trinajstić information content (AvgIpc) is 3.25. The van der Waals surface area contributed by atoms with Gasteiger partial charge in [0.25, 0.3) is 0 Å². The molecule has 138 valence electrons. The Kier molecular flexibility index (Phi) is 4.22. The highest BCUT2D eigenvalue weighted by atomic mass is 16.5. The molecule has 0 aliphatic carbocycles. The summed E-state index contributed by atoms with van der Waals surface area (Å²) in [6.45, 7) is 4.72. The van der Waals surface area contributed by atoms with Crippen molar-refractivity contribution >= 4 is 28.5 Å². The van der Waals surface area contributed by atoms with Crippen LogP contribution in [0.4, 0.5) is 5.69 Å². The van der Waals surface area contributed by atoms with Crippen LogP contribution in [0.1, 0.15) is 32.6 Å². The highest BCUT2D eigenvalue weighted by Crippen LogP contribution is 2.31. The van der Waals surface area contributed by atoms with Gasteiger partial charge in [-0.05, 0) is 67.3 Å². The van der Waals surface area contributed by atoms with Gasteiger partial charge in [0.15, 0.2) is 0 Å². The lowest BCUT2D eigenvalue weighted by molar-refractivity contribution is -0.117. The number of rotatable bonds is 3. The first-order chi connectivity index (χ1) is 13.0. The second-order valence-electron chi connectivity index (χ2n) is 7.00. The van der Waals surface area contributed by atoms with E-state index in [4.69, 9.17) is 9.15 Å². The third kappa shape index (κ3) is 2.99. The third-order valence-electron chi connectivity index (χ3n) is 5.31. The van der Waals surface area contributed by atoms with Crippen LogP contribution >= 0.6 is 0 Å². The number of benzene rings is 2. The minimum absolute atomic E-state index is 0.0282. The molecule has 3 aromatic rings. The van der Waals surface area contributed by atoms with Crippen molar-refractivity contribution in [1.29, 1.82) is 0 Å². The predicted octanol–water partition coefficient (Wildman–Crippen LogP) is 3.97. The zero-order valence-electron chi connectivity index (χ0n) is 15.7. The number of hydrogen-bond acceptors (Lipinski definition) is 4. The van der Waals surface area contributed by atoms with Crippen LogP contribution in [0.3, 0.4) is 0 Å². The molecule has 0 atom stereocenters. The van der Waals surface area contributed by atoms with Crippen molar-refractivity contribution in [1.82, 2.24) is 0 Å². The van der Waals surface area contributed by atoms with E-state index in [2.05, 4.69) is 13.0 Å². The lowest BCUT2D eigenvalue weighted by atomic mass is 10.0.